The third-order valence-corrected chi connectivity index (χ3v) is 3.41. The molecule has 0 aliphatic carbocycles. The van der Waals surface area contributed by atoms with Gasteiger partial charge in [0.2, 0.25) is 0 Å². The zero-order valence-electron chi connectivity index (χ0n) is 11.8. The lowest BCUT2D eigenvalue weighted by molar-refractivity contribution is 0.599. The van der Waals surface area contributed by atoms with Gasteiger partial charge in [-0.05, 0) is 31.2 Å². The summed E-state index contributed by atoms with van der Waals surface area (Å²) in [4.78, 5) is 8.37. The van der Waals surface area contributed by atoms with Gasteiger partial charge in [-0.15, -0.1) is 0 Å². The van der Waals surface area contributed by atoms with Crippen molar-refractivity contribution in [3.63, 3.8) is 0 Å². The number of halogens is 2. The van der Waals surface area contributed by atoms with Crippen LogP contribution in [-0.2, 0) is 0 Å². The van der Waals surface area contributed by atoms with Crippen LogP contribution in [0, 0.1) is 5.82 Å². The van der Waals surface area contributed by atoms with Crippen LogP contribution in [0.25, 0.3) is 22.4 Å². The van der Waals surface area contributed by atoms with E-state index in [9.17, 15) is 4.39 Å². The predicted molar refractivity (Wildman–Crippen MR) is 84.3 cm³/mol. The lowest BCUT2D eigenvalue weighted by Crippen LogP contribution is -2.25. The van der Waals surface area contributed by atoms with Crippen molar-refractivity contribution in [2.24, 2.45) is 5.73 Å². The first-order chi connectivity index (χ1) is 10.6. The highest BCUT2D eigenvalue weighted by atomic mass is 35.5. The molecule has 1 atom stereocenters. The van der Waals surface area contributed by atoms with Gasteiger partial charge in [0.1, 0.15) is 17.0 Å². The maximum atomic E-state index is 14.0. The van der Waals surface area contributed by atoms with Crippen molar-refractivity contribution >= 4 is 28.7 Å². The molecule has 0 saturated heterocycles. The molecule has 0 aliphatic heterocycles. The summed E-state index contributed by atoms with van der Waals surface area (Å²) < 4.78 is 19.7. The van der Waals surface area contributed by atoms with Crippen LogP contribution in [0.1, 0.15) is 6.92 Å². The molecule has 2 heterocycles. The SMILES string of the molecule is C[C@@H](CN)Nc1nc2cc(Cl)cc(-c3ncccc3F)c2o1. The zero-order valence-corrected chi connectivity index (χ0v) is 12.6. The Morgan fingerprint density at radius 2 is 2.27 bits per heavy atom. The fourth-order valence-corrected chi connectivity index (χ4v) is 2.30. The smallest absolute Gasteiger partial charge is 0.295 e. The number of pyridine rings is 1. The number of nitrogens with zero attached hydrogens (tertiary/aromatic N) is 2. The van der Waals surface area contributed by atoms with E-state index in [2.05, 4.69) is 15.3 Å². The number of nitrogens with one attached hydrogen (secondary N) is 1. The molecular weight excluding hydrogens is 307 g/mol. The van der Waals surface area contributed by atoms with E-state index in [1.54, 1.807) is 12.1 Å². The van der Waals surface area contributed by atoms with Gasteiger partial charge < -0.3 is 15.5 Å². The molecule has 1 aromatic carbocycles. The van der Waals surface area contributed by atoms with Gasteiger partial charge in [0.15, 0.2) is 5.58 Å². The number of hydrogen-bond donors (Lipinski definition) is 2. The molecule has 0 fully saturated rings. The second-order valence-corrected chi connectivity index (χ2v) is 5.37. The highest BCUT2D eigenvalue weighted by Crippen LogP contribution is 2.33. The Bertz CT molecular complexity index is 820. The van der Waals surface area contributed by atoms with E-state index in [4.69, 9.17) is 21.8 Å². The van der Waals surface area contributed by atoms with Crippen LogP contribution < -0.4 is 11.1 Å². The van der Waals surface area contributed by atoms with Crippen molar-refractivity contribution in [3.05, 3.63) is 41.3 Å². The Hall–Kier alpha value is -2.18. The van der Waals surface area contributed by atoms with Crippen LogP contribution in [0.2, 0.25) is 5.02 Å². The van der Waals surface area contributed by atoms with E-state index < -0.39 is 5.82 Å². The minimum atomic E-state index is -0.452. The Morgan fingerprint density at radius 1 is 1.45 bits per heavy atom. The Kier molecular flexibility index (Phi) is 3.96. The molecule has 3 N–H and O–H groups in total. The maximum absolute atomic E-state index is 14.0. The Labute approximate surface area is 131 Å². The molecular formula is C15H14ClFN4O. The Balaban J connectivity index is 2.16. The molecule has 0 spiro atoms. The molecule has 3 aromatic rings. The number of nitrogens with two attached hydrogens (primary N) is 1. The lowest BCUT2D eigenvalue weighted by atomic mass is 10.1. The molecule has 0 unspecified atom stereocenters. The predicted octanol–water partition coefficient (Wildman–Crippen LogP) is 3.44. The largest absolute Gasteiger partial charge is 0.423 e. The van der Waals surface area contributed by atoms with Crippen LogP contribution in [0.15, 0.2) is 34.9 Å². The van der Waals surface area contributed by atoms with E-state index in [0.717, 1.165) is 0 Å². The van der Waals surface area contributed by atoms with Crippen LogP contribution in [-0.4, -0.2) is 22.6 Å². The molecule has 2 aromatic heterocycles. The van der Waals surface area contributed by atoms with Crippen molar-refractivity contribution in [2.45, 2.75) is 13.0 Å². The van der Waals surface area contributed by atoms with E-state index in [-0.39, 0.29) is 11.7 Å². The summed E-state index contributed by atoms with van der Waals surface area (Å²) in [6.45, 7) is 2.34. The average molecular weight is 321 g/mol. The second-order valence-electron chi connectivity index (χ2n) is 4.94. The zero-order chi connectivity index (χ0) is 15.7. The van der Waals surface area contributed by atoms with Gasteiger partial charge in [-0.25, -0.2) is 4.39 Å². The van der Waals surface area contributed by atoms with Crippen molar-refractivity contribution in [3.8, 4) is 11.3 Å². The van der Waals surface area contributed by atoms with Crippen LogP contribution in [0.4, 0.5) is 10.4 Å². The first-order valence-electron chi connectivity index (χ1n) is 6.76. The quantitative estimate of drug-likeness (QED) is 0.770. The number of anilines is 1. The molecule has 0 aliphatic rings. The first-order valence-corrected chi connectivity index (χ1v) is 7.14. The van der Waals surface area contributed by atoms with Gasteiger partial charge >= 0.3 is 0 Å². The summed E-state index contributed by atoms with van der Waals surface area (Å²) in [6, 6.07) is 6.43. The minimum Gasteiger partial charge on any atom is -0.423 e. The summed E-state index contributed by atoms with van der Waals surface area (Å²) in [5.74, 6) is -0.452. The monoisotopic (exact) mass is 320 g/mol. The molecule has 0 saturated carbocycles. The van der Waals surface area contributed by atoms with Crippen molar-refractivity contribution < 1.29 is 8.81 Å². The molecule has 3 rings (SSSR count). The van der Waals surface area contributed by atoms with Gasteiger partial charge in [-0.3, -0.25) is 4.98 Å². The first kappa shape index (κ1) is 14.7. The number of rotatable bonds is 4. The van der Waals surface area contributed by atoms with Gasteiger partial charge in [-0.2, -0.15) is 4.98 Å². The average Bonchev–Trinajstić information content (AvgIpc) is 2.89. The highest BCUT2D eigenvalue weighted by molar-refractivity contribution is 6.31. The van der Waals surface area contributed by atoms with Crippen molar-refractivity contribution in [1.29, 1.82) is 0 Å². The van der Waals surface area contributed by atoms with E-state index in [1.807, 2.05) is 6.92 Å². The van der Waals surface area contributed by atoms with Crippen molar-refractivity contribution in [1.82, 2.24) is 9.97 Å². The van der Waals surface area contributed by atoms with Gasteiger partial charge in [-0.1, -0.05) is 11.6 Å². The summed E-state index contributed by atoms with van der Waals surface area (Å²) in [5.41, 5.74) is 7.15. The molecule has 7 heteroatoms. The summed E-state index contributed by atoms with van der Waals surface area (Å²) in [7, 11) is 0. The summed E-state index contributed by atoms with van der Waals surface area (Å²) in [5, 5.41) is 3.46. The van der Waals surface area contributed by atoms with Crippen LogP contribution >= 0.6 is 11.6 Å². The molecule has 0 amide bonds. The third-order valence-electron chi connectivity index (χ3n) is 3.19. The molecule has 5 nitrogen and oxygen atoms in total. The van der Waals surface area contributed by atoms with Crippen LogP contribution in [0.5, 0.6) is 0 Å². The van der Waals surface area contributed by atoms with Gasteiger partial charge in [0, 0.05) is 29.4 Å². The molecule has 22 heavy (non-hydrogen) atoms. The molecule has 114 valence electrons. The van der Waals surface area contributed by atoms with Crippen molar-refractivity contribution in [2.75, 3.05) is 11.9 Å². The standard InChI is InChI=1S/C15H14ClFN4O/c1-8(7-18)20-15-21-12-6-9(16)5-10(14(12)22-15)13-11(17)3-2-4-19-13/h2-6,8H,7,18H2,1H3,(H,20,21)/t8-/m0/s1. The highest BCUT2D eigenvalue weighted by Gasteiger charge is 2.17. The number of oxazole rings is 1. The number of benzene rings is 1. The fraction of sp³-hybridized carbons (Fsp3) is 0.200. The van der Waals surface area contributed by atoms with Gasteiger partial charge in [0.05, 0.1) is 0 Å². The summed E-state index contributed by atoms with van der Waals surface area (Å²) in [6.07, 6.45) is 1.51. The van der Waals surface area contributed by atoms with E-state index in [1.165, 1.54) is 18.3 Å². The Morgan fingerprint density at radius 3 is 3.00 bits per heavy atom. The molecule has 0 bridgehead atoms. The second kappa shape index (κ2) is 5.90. The topological polar surface area (TPSA) is 77.0 Å². The summed E-state index contributed by atoms with van der Waals surface area (Å²) >= 11 is 6.10. The van der Waals surface area contributed by atoms with Crippen LogP contribution in [0.3, 0.4) is 0 Å². The fourth-order valence-electron chi connectivity index (χ4n) is 2.09. The molecule has 0 radical (unpaired) electrons. The number of hydrogen-bond acceptors (Lipinski definition) is 5. The van der Waals surface area contributed by atoms with E-state index >= 15 is 0 Å². The van der Waals surface area contributed by atoms with Gasteiger partial charge in [0.25, 0.3) is 6.01 Å². The van der Waals surface area contributed by atoms with E-state index in [0.29, 0.717) is 34.2 Å². The maximum Gasteiger partial charge on any atom is 0.295 e. The minimum absolute atomic E-state index is 0.00132. The third kappa shape index (κ3) is 2.75. The normalized spacial score (nSPS) is 12.5. The lowest BCUT2D eigenvalue weighted by Gasteiger charge is -2.07. The number of aromatic nitrogens is 2. The number of fused-ring (bicyclic) bond motifs is 1.